The van der Waals surface area contributed by atoms with Crippen LogP contribution in [-0.4, -0.2) is 15.0 Å². The molecular weight excluding hydrogens is 114 g/mol. The van der Waals surface area contributed by atoms with Crippen LogP contribution < -0.4 is 0 Å². The monoisotopic (exact) mass is 123 g/mol. The van der Waals surface area contributed by atoms with Gasteiger partial charge >= 0.3 is 0 Å². The van der Waals surface area contributed by atoms with Crippen molar-refractivity contribution in [2.45, 2.75) is 13.0 Å². The fourth-order valence-electron chi connectivity index (χ4n) is 0.576. The van der Waals surface area contributed by atoms with E-state index in [1.807, 2.05) is 12.3 Å². The quantitative estimate of drug-likeness (QED) is 0.558. The van der Waals surface area contributed by atoms with Gasteiger partial charge in [0.25, 0.3) is 0 Å². The molecule has 0 atom stereocenters. The Balaban J connectivity index is 2.38. The van der Waals surface area contributed by atoms with E-state index in [9.17, 15) is 0 Å². The van der Waals surface area contributed by atoms with Gasteiger partial charge in [-0.2, -0.15) is 0 Å². The van der Waals surface area contributed by atoms with Crippen LogP contribution in [0.15, 0.2) is 25.0 Å². The van der Waals surface area contributed by atoms with Crippen molar-refractivity contribution >= 4 is 0 Å². The molecule has 0 fully saturated rings. The van der Waals surface area contributed by atoms with Gasteiger partial charge in [0.2, 0.25) is 0 Å². The fraction of sp³-hybridized carbons (Fsp3) is 0.333. The van der Waals surface area contributed by atoms with Crippen molar-refractivity contribution in [1.82, 2.24) is 15.0 Å². The Morgan fingerprint density at radius 1 is 1.67 bits per heavy atom. The molecule has 48 valence electrons. The van der Waals surface area contributed by atoms with Gasteiger partial charge in [0.15, 0.2) is 0 Å². The highest BCUT2D eigenvalue weighted by atomic mass is 15.4. The summed E-state index contributed by atoms with van der Waals surface area (Å²) in [6, 6.07) is 0. The Morgan fingerprint density at radius 2 is 2.56 bits per heavy atom. The normalized spacial score (nSPS) is 9.33. The van der Waals surface area contributed by atoms with Crippen molar-refractivity contribution in [2.24, 2.45) is 0 Å². The van der Waals surface area contributed by atoms with Crippen molar-refractivity contribution in [2.75, 3.05) is 0 Å². The van der Waals surface area contributed by atoms with Crippen LogP contribution in [0.2, 0.25) is 0 Å². The molecule has 0 spiro atoms. The van der Waals surface area contributed by atoms with Gasteiger partial charge in [0, 0.05) is 12.7 Å². The second kappa shape index (κ2) is 3.02. The molecule has 9 heavy (non-hydrogen) atoms. The maximum Gasteiger partial charge on any atom is 0.0692 e. The second-order valence-corrected chi connectivity index (χ2v) is 1.74. The Morgan fingerprint density at radius 3 is 3.11 bits per heavy atom. The van der Waals surface area contributed by atoms with Crippen LogP contribution in [0.5, 0.6) is 0 Å². The number of aryl methyl sites for hydroxylation is 1. The molecule has 0 N–H and O–H groups in total. The molecule has 0 saturated heterocycles. The van der Waals surface area contributed by atoms with Crippen LogP contribution in [0.4, 0.5) is 0 Å². The molecule has 0 bridgehead atoms. The van der Waals surface area contributed by atoms with Gasteiger partial charge in [-0.1, -0.05) is 11.3 Å². The van der Waals surface area contributed by atoms with Crippen LogP contribution in [-0.2, 0) is 6.54 Å². The van der Waals surface area contributed by atoms with Crippen LogP contribution in [0, 0.1) is 0 Å². The van der Waals surface area contributed by atoms with Gasteiger partial charge < -0.3 is 0 Å². The highest BCUT2D eigenvalue weighted by Gasteiger charge is 1.85. The summed E-state index contributed by atoms with van der Waals surface area (Å²) in [6.45, 7) is 4.48. The molecular formula is C6H9N3. The standard InChI is InChI=1S/C6H9N3/c1-2-3-5-9-6-4-7-8-9/h2,4,6H,1,3,5H2. The van der Waals surface area contributed by atoms with E-state index in [0.29, 0.717) is 0 Å². The van der Waals surface area contributed by atoms with Crippen LogP contribution in [0.25, 0.3) is 0 Å². The fourth-order valence-corrected chi connectivity index (χ4v) is 0.576. The molecule has 1 heterocycles. The summed E-state index contributed by atoms with van der Waals surface area (Å²) in [6.07, 6.45) is 6.32. The Labute approximate surface area is 54.0 Å². The summed E-state index contributed by atoms with van der Waals surface area (Å²) in [4.78, 5) is 0. The smallest absolute Gasteiger partial charge is 0.0692 e. The zero-order chi connectivity index (χ0) is 6.53. The van der Waals surface area contributed by atoms with E-state index in [-0.39, 0.29) is 0 Å². The molecule has 0 saturated carbocycles. The number of aromatic nitrogens is 3. The molecule has 3 nitrogen and oxygen atoms in total. The van der Waals surface area contributed by atoms with Gasteiger partial charge in [-0.3, -0.25) is 4.68 Å². The summed E-state index contributed by atoms with van der Waals surface area (Å²) in [7, 11) is 0. The molecule has 0 aliphatic heterocycles. The molecule has 1 aromatic heterocycles. The summed E-state index contributed by atoms with van der Waals surface area (Å²) in [5.74, 6) is 0. The van der Waals surface area contributed by atoms with Crippen molar-refractivity contribution in [3.8, 4) is 0 Å². The van der Waals surface area contributed by atoms with E-state index in [0.717, 1.165) is 13.0 Å². The van der Waals surface area contributed by atoms with Crippen molar-refractivity contribution in [3.63, 3.8) is 0 Å². The molecule has 0 aliphatic carbocycles. The highest BCUT2D eigenvalue weighted by molar-refractivity contribution is 4.69. The minimum absolute atomic E-state index is 0.878. The molecule has 0 aromatic carbocycles. The lowest BCUT2D eigenvalue weighted by atomic mass is 10.4. The first kappa shape index (κ1) is 6.01. The van der Waals surface area contributed by atoms with Crippen molar-refractivity contribution < 1.29 is 0 Å². The first-order chi connectivity index (χ1) is 4.43. The van der Waals surface area contributed by atoms with Gasteiger partial charge in [0.05, 0.1) is 6.20 Å². The Bertz CT molecular complexity index is 166. The largest absolute Gasteiger partial charge is 0.252 e. The topological polar surface area (TPSA) is 30.7 Å². The van der Waals surface area contributed by atoms with Crippen molar-refractivity contribution in [1.29, 1.82) is 0 Å². The van der Waals surface area contributed by atoms with E-state index < -0.39 is 0 Å². The van der Waals surface area contributed by atoms with Gasteiger partial charge in [-0.05, 0) is 6.42 Å². The number of hydrogen-bond acceptors (Lipinski definition) is 2. The molecule has 1 aromatic rings. The van der Waals surface area contributed by atoms with E-state index in [1.165, 1.54) is 0 Å². The maximum absolute atomic E-state index is 3.77. The SMILES string of the molecule is C=CCCn1ccnn1. The third kappa shape index (κ3) is 1.68. The van der Waals surface area contributed by atoms with E-state index >= 15 is 0 Å². The summed E-state index contributed by atoms with van der Waals surface area (Å²) >= 11 is 0. The maximum atomic E-state index is 3.77. The van der Waals surface area contributed by atoms with E-state index in [1.54, 1.807) is 10.9 Å². The zero-order valence-corrected chi connectivity index (χ0v) is 5.20. The Kier molecular flexibility index (Phi) is 2.01. The third-order valence-corrected chi connectivity index (χ3v) is 1.03. The zero-order valence-electron chi connectivity index (χ0n) is 5.20. The Hall–Kier alpha value is -1.12. The molecule has 0 amide bonds. The second-order valence-electron chi connectivity index (χ2n) is 1.74. The predicted octanol–water partition coefficient (Wildman–Crippen LogP) is 0.854. The third-order valence-electron chi connectivity index (χ3n) is 1.03. The average Bonchev–Trinajstić information content (AvgIpc) is 2.34. The molecule has 1 rings (SSSR count). The van der Waals surface area contributed by atoms with Crippen molar-refractivity contribution in [3.05, 3.63) is 25.0 Å². The molecule has 3 heteroatoms. The number of hydrogen-bond donors (Lipinski definition) is 0. The highest BCUT2D eigenvalue weighted by Crippen LogP contribution is 1.85. The summed E-state index contributed by atoms with van der Waals surface area (Å²) < 4.78 is 1.78. The van der Waals surface area contributed by atoms with Crippen LogP contribution in [0.1, 0.15) is 6.42 Å². The first-order valence-electron chi connectivity index (χ1n) is 2.88. The van der Waals surface area contributed by atoms with E-state index in [2.05, 4.69) is 16.9 Å². The number of allylic oxidation sites excluding steroid dienone is 1. The van der Waals surface area contributed by atoms with E-state index in [4.69, 9.17) is 0 Å². The molecule has 0 unspecified atom stereocenters. The average molecular weight is 123 g/mol. The summed E-state index contributed by atoms with van der Waals surface area (Å²) in [5.41, 5.74) is 0. The van der Waals surface area contributed by atoms with Gasteiger partial charge in [-0.15, -0.1) is 11.7 Å². The minimum Gasteiger partial charge on any atom is -0.252 e. The van der Waals surface area contributed by atoms with Gasteiger partial charge in [0.1, 0.15) is 0 Å². The first-order valence-corrected chi connectivity index (χ1v) is 2.88. The predicted molar refractivity (Wildman–Crippen MR) is 34.8 cm³/mol. The number of nitrogens with zero attached hydrogens (tertiary/aromatic N) is 3. The number of rotatable bonds is 3. The molecule has 0 radical (unpaired) electrons. The molecule has 0 aliphatic rings. The van der Waals surface area contributed by atoms with Crippen LogP contribution in [0.3, 0.4) is 0 Å². The lowest BCUT2D eigenvalue weighted by Gasteiger charge is -1.92. The minimum atomic E-state index is 0.878. The van der Waals surface area contributed by atoms with Crippen LogP contribution >= 0.6 is 0 Å². The summed E-state index contributed by atoms with van der Waals surface area (Å²) in [5, 5.41) is 7.43. The lowest BCUT2D eigenvalue weighted by molar-refractivity contribution is 0.597. The lowest BCUT2D eigenvalue weighted by Crippen LogP contribution is -1.96. The van der Waals surface area contributed by atoms with Gasteiger partial charge in [-0.25, -0.2) is 0 Å².